The van der Waals surface area contributed by atoms with Gasteiger partial charge in [-0.2, -0.15) is 0 Å². The van der Waals surface area contributed by atoms with E-state index in [1.807, 2.05) is 42.6 Å². The van der Waals surface area contributed by atoms with Crippen LogP contribution in [0.4, 0.5) is 0 Å². The molecule has 3 heterocycles. The van der Waals surface area contributed by atoms with Crippen molar-refractivity contribution in [1.29, 1.82) is 0 Å². The molecule has 1 radical (unpaired) electrons. The van der Waals surface area contributed by atoms with Gasteiger partial charge in [0.1, 0.15) is 5.58 Å². The Hall–Kier alpha value is -4.93. The van der Waals surface area contributed by atoms with E-state index in [4.69, 9.17) is 9.40 Å². The first-order chi connectivity index (χ1) is 25.2. The second-order valence-corrected chi connectivity index (χ2v) is 19.9. The zero-order chi connectivity index (χ0) is 36.2. The third-order valence-corrected chi connectivity index (χ3v) is 11.5. The van der Waals surface area contributed by atoms with E-state index in [0.29, 0.717) is 5.92 Å². The molecular formula is C48H44IrN2OSi-2. The van der Waals surface area contributed by atoms with Crippen molar-refractivity contribution in [2.75, 3.05) is 0 Å². The van der Waals surface area contributed by atoms with Gasteiger partial charge in [-0.1, -0.05) is 135 Å². The molecular weight excluding hydrogens is 841 g/mol. The smallest absolute Gasteiger partial charge is 0.121 e. The van der Waals surface area contributed by atoms with Crippen LogP contribution in [0.3, 0.4) is 0 Å². The van der Waals surface area contributed by atoms with Gasteiger partial charge in [0.25, 0.3) is 0 Å². The van der Waals surface area contributed by atoms with Crippen LogP contribution in [-0.2, 0) is 26.5 Å². The zero-order valence-corrected chi connectivity index (χ0v) is 34.6. The van der Waals surface area contributed by atoms with E-state index in [-0.39, 0.29) is 20.1 Å². The number of aryl methyl sites for hydroxylation is 1. The summed E-state index contributed by atoms with van der Waals surface area (Å²) in [6.45, 7) is 13.9. The molecule has 0 amide bonds. The Bertz CT molecular complexity index is 2450. The molecule has 5 heteroatoms. The van der Waals surface area contributed by atoms with Gasteiger partial charge >= 0.3 is 0 Å². The second kappa shape index (κ2) is 16.4. The molecule has 0 unspecified atom stereocenters. The van der Waals surface area contributed by atoms with Gasteiger partial charge in [-0.05, 0) is 64.2 Å². The first kappa shape index (κ1) is 37.8. The summed E-state index contributed by atoms with van der Waals surface area (Å²) in [7, 11) is -1.34. The summed E-state index contributed by atoms with van der Waals surface area (Å²) in [5, 5.41) is 3.68. The maximum absolute atomic E-state index is 6.38. The molecule has 0 bridgehead atoms. The van der Waals surface area contributed by atoms with Crippen molar-refractivity contribution in [3.63, 3.8) is 0 Å². The van der Waals surface area contributed by atoms with E-state index in [9.17, 15) is 0 Å². The van der Waals surface area contributed by atoms with Crippen molar-refractivity contribution in [1.82, 2.24) is 9.97 Å². The molecule has 0 N–H and O–H groups in total. The zero-order valence-electron chi connectivity index (χ0n) is 31.2. The van der Waals surface area contributed by atoms with Crippen molar-refractivity contribution >= 4 is 35.2 Å². The summed E-state index contributed by atoms with van der Waals surface area (Å²) in [5.41, 5.74) is 12.9. The summed E-state index contributed by atoms with van der Waals surface area (Å²) in [6, 6.07) is 50.3. The fourth-order valence-electron chi connectivity index (χ4n) is 6.84. The number of hydrogen-bond acceptors (Lipinski definition) is 3. The Balaban J connectivity index is 0.000000199. The molecule has 267 valence electrons. The first-order valence-corrected chi connectivity index (χ1v) is 21.6. The van der Waals surface area contributed by atoms with Crippen LogP contribution in [0, 0.1) is 25.0 Å². The maximum Gasteiger partial charge on any atom is 0.121 e. The van der Waals surface area contributed by atoms with Gasteiger partial charge in [0.15, 0.2) is 0 Å². The molecule has 8 aromatic rings. The molecule has 3 nitrogen and oxygen atoms in total. The summed E-state index contributed by atoms with van der Waals surface area (Å²) in [6.07, 6.45) is 5.19. The number of rotatable bonds is 7. The molecule has 0 fully saturated rings. The standard InChI is InChI=1S/C30H20NO.C18H24NSi.Ir/c1-20-17-28(31-19-27(20)22-11-6-3-7-12-22)26-14-8-13-25-24-16-15-23(18-29(24)32-30(25)26)21-9-4-2-5-10-21;1-14(2)11-16-12-17(15-9-7-6-8-10-15)19-13-18(16)20(3,4)5;/h2-13,15-19H,1H3;6-9,12-14H,11H2,1-5H3;/q2*-1;. The molecule has 3 aromatic heterocycles. The number of nitrogens with zero attached hydrogens (tertiary/aromatic N) is 2. The number of aromatic nitrogens is 2. The molecule has 0 saturated carbocycles. The molecule has 0 aliphatic carbocycles. The van der Waals surface area contributed by atoms with Crippen LogP contribution >= 0.6 is 0 Å². The van der Waals surface area contributed by atoms with Crippen molar-refractivity contribution in [2.24, 2.45) is 5.92 Å². The normalized spacial score (nSPS) is 11.3. The van der Waals surface area contributed by atoms with E-state index in [0.717, 1.165) is 62.0 Å². The van der Waals surface area contributed by atoms with Gasteiger partial charge < -0.3 is 14.4 Å². The Morgan fingerprint density at radius 1 is 0.660 bits per heavy atom. The summed E-state index contributed by atoms with van der Waals surface area (Å²) in [5.74, 6) is 0.667. The summed E-state index contributed by atoms with van der Waals surface area (Å²) >= 11 is 0. The average Bonchev–Trinajstić information content (AvgIpc) is 3.54. The second-order valence-electron chi connectivity index (χ2n) is 14.9. The average molecular weight is 885 g/mol. The van der Waals surface area contributed by atoms with Crippen LogP contribution in [0.25, 0.3) is 66.7 Å². The molecule has 8 rings (SSSR count). The van der Waals surface area contributed by atoms with Crippen LogP contribution in [0.2, 0.25) is 19.6 Å². The number of fused-ring (bicyclic) bond motifs is 3. The predicted octanol–water partition coefficient (Wildman–Crippen LogP) is 12.4. The van der Waals surface area contributed by atoms with Crippen LogP contribution in [-0.4, -0.2) is 18.0 Å². The third-order valence-electron chi connectivity index (χ3n) is 9.40. The molecule has 0 spiro atoms. The van der Waals surface area contributed by atoms with Gasteiger partial charge in [0.2, 0.25) is 0 Å². The van der Waals surface area contributed by atoms with Gasteiger partial charge in [-0.3, -0.25) is 0 Å². The topological polar surface area (TPSA) is 38.9 Å². The minimum absolute atomic E-state index is 0. The Morgan fingerprint density at radius 3 is 2.02 bits per heavy atom. The Morgan fingerprint density at radius 2 is 1.36 bits per heavy atom. The quantitative estimate of drug-likeness (QED) is 0.118. The van der Waals surface area contributed by atoms with Gasteiger partial charge in [-0.15, -0.1) is 54.1 Å². The fraction of sp³-hybridized carbons (Fsp3) is 0.167. The number of pyridine rings is 2. The Kier molecular flexibility index (Phi) is 11.7. The van der Waals surface area contributed by atoms with Crippen LogP contribution in [0.15, 0.2) is 144 Å². The number of furan rings is 1. The summed E-state index contributed by atoms with van der Waals surface area (Å²) < 4.78 is 6.38. The van der Waals surface area contributed by atoms with Gasteiger partial charge in [0.05, 0.1) is 13.7 Å². The predicted molar refractivity (Wildman–Crippen MR) is 221 cm³/mol. The van der Waals surface area contributed by atoms with Crippen LogP contribution in [0.5, 0.6) is 0 Å². The largest absolute Gasteiger partial charge is 0.501 e. The molecule has 0 saturated heterocycles. The van der Waals surface area contributed by atoms with Crippen molar-refractivity contribution in [3.05, 3.63) is 163 Å². The van der Waals surface area contributed by atoms with Crippen LogP contribution in [0.1, 0.15) is 25.0 Å². The van der Waals surface area contributed by atoms with Gasteiger partial charge in [0, 0.05) is 43.4 Å². The van der Waals surface area contributed by atoms with E-state index in [1.165, 1.54) is 27.4 Å². The SMILES string of the molecule is CC(C)Cc1cc(-c2[c-]cccc2)ncc1[Si](C)(C)C.Cc1cc(-c2[c-]ccc3c2oc2cc(-c4ccccc4)ccc23)ncc1-c1ccccc1.[Ir]. The number of benzene rings is 5. The molecule has 0 atom stereocenters. The van der Waals surface area contributed by atoms with E-state index < -0.39 is 8.07 Å². The maximum atomic E-state index is 6.38. The third kappa shape index (κ3) is 8.50. The minimum atomic E-state index is -1.34. The van der Waals surface area contributed by atoms with Crippen molar-refractivity contribution < 1.29 is 24.5 Å². The van der Waals surface area contributed by atoms with Crippen molar-refractivity contribution in [3.8, 4) is 44.8 Å². The van der Waals surface area contributed by atoms with E-state index in [2.05, 4.69) is 155 Å². The van der Waals surface area contributed by atoms with E-state index >= 15 is 0 Å². The fourth-order valence-corrected chi connectivity index (χ4v) is 8.43. The first-order valence-electron chi connectivity index (χ1n) is 18.1. The molecule has 0 aliphatic rings. The number of hydrogen-bond donors (Lipinski definition) is 0. The molecule has 53 heavy (non-hydrogen) atoms. The molecule has 0 aliphatic heterocycles. The minimum Gasteiger partial charge on any atom is -0.501 e. The summed E-state index contributed by atoms with van der Waals surface area (Å²) in [4.78, 5) is 9.47. The monoisotopic (exact) mass is 885 g/mol. The Labute approximate surface area is 328 Å². The molecule has 5 aromatic carbocycles. The van der Waals surface area contributed by atoms with Crippen molar-refractivity contribution in [2.45, 2.75) is 46.8 Å². The van der Waals surface area contributed by atoms with Crippen LogP contribution < -0.4 is 5.19 Å². The van der Waals surface area contributed by atoms with E-state index in [1.54, 1.807) is 0 Å². The van der Waals surface area contributed by atoms with Gasteiger partial charge in [-0.25, -0.2) is 0 Å².